The Morgan fingerprint density at radius 2 is 1.94 bits per heavy atom. The van der Waals surface area contributed by atoms with E-state index in [-0.39, 0.29) is 49.2 Å². The third-order valence-corrected chi connectivity index (χ3v) is 4.88. The molecule has 164 valence electrons. The summed E-state index contributed by atoms with van der Waals surface area (Å²) >= 11 is 0. The molecule has 0 aliphatic heterocycles. The Balaban J connectivity index is 0.00000324. The Bertz CT molecular complexity index is 1330. The molecule has 0 spiro atoms. The minimum Gasteiger partial charge on any atom is -0.369 e. The van der Waals surface area contributed by atoms with E-state index in [0.29, 0.717) is 23.6 Å². The van der Waals surface area contributed by atoms with Crippen LogP contribution in [-0.2, 0) is 0 Å². The molecule has 3 aromatic heterocycles. The molecule has 4 N–H and O–H groups in total. The van der Waals surface area contributed by atoms with Gasteiger partial charge in [0.2, 0.25) is 5.95 Å². The number of fused-ring (bicyclic) bond motifs is 1. The van der Waals surface area contributed by atoms with Gasteiger partial charge in [0.05, 0.1) is 19.5 Å². The molecule has 0 aliphatic rings. The molecule has 32 heavy (non-hydrogen) atoms. The summed E-state index contributed by atoms with van der Waals surface area (Å²) in [6, 6.07) is 9.14. The van der Waals surface area contributed by atoms with Crippen LogP contribution >= 0.6 is 13.5 Å². The summed E-state index contributed by atoms with van der Waals surface area (Å²) in [6.07, 6.45) is 2.66. The van der Waals surface area contributed by atoms with E-state index in [4.69, 9.17) is 8.48 Å². The average molecular weight is 451 g/mol. The third-order valence-electron chi connectivity index (χ3n) is 4.88. The van der Waals surface area contributed by atoms with Crippen molar-refractivity contribution in [2.45, 2.75) is 12.8 Å². The number of anilines is 2. The lowest BCUT2D eigenvalue weighted by atomic mass is 9.96. The first-order valence-electron chi connectivity index (χ1n) is 10.7. The van der Waals surface area contributed by atoms with Gasteiger partial charge in [-0.05, 0) is 11.6 Å². The molecule has 1 atom stereocenters. The van der Waals surface area contributed by atoms with E-state index >= 15 is 0 Å². The highest BCUT2D eigenvalue weighted by Crippen LogP contribution is 2.27. The van der Waals surface area contributed by atoms with Gasteiger partial charge in [-0.15, -0.1) is 0 Å². The largest absolute Gasteiger partial charge is 0.369 e. The van der Waals surface area contributed by atoms with Crippen LogP contribution in [0, 0.1) is 0 Å². The van der Waals surface area contributed by atoms with Crippen molar-refractivity contribution in [3.63, 3.8) is 0 Å². The Morgan fingerprint density at radius 1 is 1.16 bits per heavy atom. The molecule has 0 aliphatic carbocycles. The van der Waals surface area contributed by atoms with Gasteiger partial charge in [0.15, 0.2) is 0 Å². The van der Waals surface area contributed by atoms with Crippen LogP contribution in [-0.4, -0.2) is 44.4 Å². The first kappa shape index (κ1) is 20.1. The summed E-state index contributed by atoms with van der Waals surface area (Å²) in [5.74, 6) is 0.283. The number of hydrogen-bond donors (Lipinski definition) is 3. The molecule has 0 unspecified atom stereocenters. The SMILES string of the molecule is S.[2H]c1nc(N)nc([2H])c1-c1cc(NC[C@@H](C)c2cccc3c(C(=O)NC)ccnc23)ncn1. The van der Waals surface area contributed by atoms with Crippen LogP contribution in [0.3, 0.4) is 0 Å². The molecule has 0 bridgehead atoms. The molecule has 3 heterocycles. The minimum atomic E-state index is -0.167. The summed E-state index contributed by atoms with van der Waals surface area (Å²) in [7, 11) is 1.60. The molecular weight excluding hydrogens is 424 g/mol. The van der Waals surface area contributed by atoms with Crippen molar-refractivity contribution in [1.82, 2.24) is 30.2 Å². The Kier molecular flexibility index (Phi) is 6.30. The van der Waals surface area contributed by atoms with Gasteiger partial charge in [0.1, 0.15) is 12.1 Å². The molecule has 4 rings (SSSR count). The standard InChI is InChI=1S/C22H22N8O.H2S/c1-13(15-4-3-5-16-17(21(31)24-2)6-7-25-20(15)16)9-26-19-8-18(29-12-30-19)14-10-27-22(23)28-11-14;/h3-8,10-13H,9H2,1-2H3,(H,24,31)(H2,23,27,28)(H,26,29,30);1H2/t13-;/m1./s1/i10D,11D;. The zero-order chi connectivity index (χ0) is 23.5. The lowest BCUT2D eigenvalue weighted by Crippen LogP contribution is -2.18. The van der Waals surface area contributed by atoms with E-state index in [1.165, 1.54) is 6.33 Å². The van der Waals surface area contributed by atoms with Gasteiger partial charge in [-0.2, -0.15) is 13.5 Å². The van der Waals surface area contributed by atoms with Crippen LogP contribution in [0.15, 0.2) is 55.2 Å². The van der Waals surface area contributed by atoms with Gasteiger partial charge in [-0.3, -0.25) is 9.78 Å². The average Bonchev–Trinajstić information content (AvgIpc) is 2.81. The maximum absolute atomic E-state index is 12.2. The van der Waals surface area contributed by atoms with E-state index in [0.717, 1.165) is 16.5 Å². The molecule has 1 amide bonds. The highest BCUT2D eigenvalue weighted by Gasteiger charge is 2.15. The fourth-order valence-corrected chi connectivity index (χ4v) is 3.28. The van der Waals surface area contributed by atoms with Gasteiger partial charge < -0.3 is 16.4 Å². The van der Waals surface area contributed by atoms with Crippen LogP contribution in [0.4, 0.5) is 11.8 Å². The normalized spacial score (nSPS) is 12.3. The number of nitrogen functional groups attached to an aromatic ring is 1. The highest BCUT2D eigenvalue weighted by atomic mass is 32.1. The van der Waals surface area contributed by atoms with Crippen molar-refractivity contribution < 1.29 is 7.54 Å². The van der Waals surface area contributed by atoms with Crippen LogP contribution in [0.2, 0.25) is 0 Å². The number of pyridine rings is 1. The number of amides is 1. The lowest BCUT2D eigenvalue weighted by molar-refractivity contribution is 0.0964. The zero-order valence-electron chi connectivity index (χ0n) is 19.5. The van der Waals surface area contributed by atoms with Gasteiger partial charge in [0.25, 0.3) is 5.91 Å². The second kappa shape index (κ2) is 10.0. The van der Waals surface area contributed by atoms with Crippen molar-refractivity contribution in [3.05, 3.63) is 66.3 Å². The number of rotatable bonds is 6. The number of nitrogens with zero attached hydrogens (tertiary/aromatic N) is 5. The second-order valence-electron chi connectivity index (χ2n) is 6.93. The van der Waals surface area contributed by atoms with Crippen LogP contribution in [0.5, 0.6) is 0 Å². The van der Waals surface area contributed by atoms with Crippen LogP contribution < -0.4 is 16.4 Å². The maximum Gasteiger partial charge on any atom is 0.251 e. The number of para-hydroxylation sites is 1. The first-order valence-corrected chi connectivity index (χ1v) is 9.65. The molecular formula is C22H24N8OS. The van der Waals surface area contributed by atoms with Gasteiger partial charge in [-0.25, -0.2) is 19.9 Å². The Labute approximate surface area is 195 Å². The molecule has 1 aromatic carbocycles. The van der Waals surface area contributed by atoms with Gasteiger partial charge in [-0.1, -0.05) is 25.1 Å². The van der Waals surface area contributed by atoms with E-state index < -0.39 is 0 Å². The summed E-state index contributed by atoms with van der Waals surface area (Å²) < 4.78 is 16.0. The number of nitrogens with two attached hydrogens (primary N) is 1. The van der Waals surface area contributed by atoms with E-state index in [9.17, 15) is 4.79 Å². The van der Waals surface area contributed by atoms with Gasteiger partial charge >= 0.3 is 0 Å². The number of carbonyl (C=O) groups excluding carboxylic acids is 1. The smallest absolute Gasteiger partial charge is 0.251 e. The number of aromatic nitrogens is 5. The minimum absolute atomic E-state index is 0. The predicted octanol–water partition coefficient (Wildman–Crippen LogP) is 2.75. The molecule has 10 heteroatoms. The number of carbonyl (C=O) groups is 1. The van der Waals surface area contributed by atoms with E-state index in [2.05, 4.69) is 42.5 Å². The molecule has 9 nitrogen and oxygen atoms in total. The van der Waals surface area contributed by atoms with Crippen molar-refractivity contribution in [1.29, 1.82) is 0 Å². The summed E-state index contributed by atoms with van der Waals surface area (Å²) in [6.45, 7) is 2.58. The quantitative estimate of drug-likeness (QED) is 0.409. The summed E-state index contributed by atoms with van der Waals surface area (Å²) in [5.41, 5.74) is 8.40. The van der Waals surface area contributed by atoms with Crippen molar-refractivity contribution >= 4 is 42.1 Å². The first-order chi connectivity index (χ1) is 15.9. The molecule has 0 saturated carbocycles. The molecule has 4 aromatic rings. The van der Waals surface area contributed by atoms with Crippen molar-refractivity contribution in [2.75, 3.05) is 24.6 Å². The number of hydrogen-bond acceptors (Lipinski definition) is 8. The zero-order valence-corrected chi connectivity index (χ0v) is 18.5. The van der Waals surface area contributed by atoms with E-state index in [1.54, 1.807) is 25.4 Å². The lowest BCUT2D eigenvalue weighted by Gasteiger charge is -2.16. The second-order valence-corrected chi connectivity index (χ2v) is 6.93. The summed E-state index contributed by atoms with van der Waals surface area (Å²) in [4.78, 5) is 32.8. The molecule has 0 fully saturated rings. The third kappa shape index (κ3) is 4.75. The Morgan fingerprint density at radius 3 is 2.69 bits per heavy atom. The predicted molar refractivity (Wildman–Crippen MR) is 130 cm³/mol. The van der Waals surface area contributed by atoms with Crippen LogP contribution in [0.25, 0.3) is 22.2 Å². The topological polar surface area (TPSA) is 132 Å². The van der Waals surface area contributed by atoms with Crippen molar-refractivity contribution in [2.24, 2.45) is 0 Å². The number of nitrogens with one attached hydrogen (secondary N) is 2. The fourth-order valence-electron chi connectivity index (χ4n) is 3.28. The molecule has 0 saturated heterocycles. The molecule has 0 radical (unpaired) electrons. The fraction of sp³-hybridized carbons (Fsp3) is 0.182. The summed E-state index contributed by atoms with van der Waals surface area (Å²) in [5, 5.41) is 6.72. The monoisotopic (exact) mass is 450 g/mol. The van der Waals surface area contributed by atoms with Crippen LogP contribution in [0.1, 0.15) is 31.5 Å². The number of benzene rings is 1. The van der Waals surface area contributed by atoms with E-state index in [1.807, 2.05) is 18.2 Å². The highest BCUT2D eigenvalue weighted by molar-refractivity contribution is 7.59. The van der Waals surface area contributed by atoms with Gasteiger partial charge in [0, 0.05) is 55.1 Å². The maximum atomic E-state index is 12.2. The van der Waals surface area contributed by atoms with Crippen molar-refractivity contribution in [3.8, 4) is 11.3 Å². The Hall–Kier alpha value is -3.79.